The third kappa shape index (κ3) is 6.03. The second-order valence-corrected chi connectivity index (χ2v) is 8.97. The van der Waals surface area contributed by atoms with E-state index >= 15 is 0 Å². The van der Waals surface area contributed by atoms with Crippen LogP contribution in [0.4, 0.5) is 8.78 Å². The number of methoxy groups -OCH3 is 1. The van der Waals surface area contributed by atoms with Crippen LogP contribution in [0.2, 0.25) is 0 Å². The Morgan fingerprint density at radius 1 is 1.12 bits per heavy atom. The van der Waals surface area contributed by atoms with Crippen LogP contribution >= 0.6 is 0 Å². The Bertz CT molecular complexity index is 1110. The van der Waals surface area contributed by atoms with Crippen LogP contribution < -0.4 is 15.4 Å². The van der Waals surface area contributed by atoms with Crippen molar-refractivity contribution in [2.75, 3.05) is 26.8 Å². The summed E-state index contributed by atoms with van der Waals surface area (Å²) in [7, 11) is -2.93. The Morgan fingerprint density at radius 3 is 2.52 bits per heavy atom. The van der Waals surface area contributed by atoms with Crippen LogP contribution in [-0.2, 0) is 30.9 Å². The zero-order valence-corrected chi connectivity index (χ0v) is 18.5. The van der Waals surface area contributed by atoms with E-state index in [2.05, 4.69) is 10.6 Å². The lowest BCUT2D eigenvalue weighted by atomic mass is 10.2. The lowest BCUT2D eigenvalue weighted by Crippen LogP contribution is -2.53. The van der Waals surface area contributed by atoms with Gasteiger partial charge in [-0.25, -0.2) is 17.2 Å². The number of amides is 2. The molecule has 1 atom stereocenters. The minimum atomic E-state index is -4.45. The predicted octanol–water partition coefficient (Wildman–Crippen LogP) is 1.14. The van der Waals surface area contributed by atoms with Crippen LogP contribution in [-0.4, -0.2) is 57.6 Å². The first kappa shape index (κ1) is 24.6. The summed E-state index contributed by atoms with van der Waals surface area (Å²) >= 11 is 0. The van der Waals surface area contributed by atoms with Gasteiger partial charge in [0.25, 0.3) is 0 Å². The summed E-state index contributed by atoms with van der Waals surface area (Å²) in [4.78, 5) is 23.4. The first-order chi connectivity index (χ1) is 15.7. The molecule has 1 aliphatic rings. The molecule has 2 N–H and O–H groups in total. The highest BCUT2D eigenvalue weighted by molar-refractivity contribution is 7.89. The topological polar surface area (TPSA) is 114 Å². The van der Waals surface area contributed by atoms with E-state index in [1.54, 1.807) is 24.3 Å². The maximum absolute atomic E-state index is 14.1. The number of benzene rings is 2. The highest BCUT2D eigenvalue weighted by Crippen LogP contribution is 2.24. The van der Waals surface area contributed by atoms with Gasteiger partial charge in [-0.3, -0.25) is 9.59 Å². The van der Waals surface area contributed by atoms with Crippen LogP contribution in [0.3, 0.4) is 0 Å². The number of carbonyl (C=O) groups excluding carboxylic acids is 2. The molecule has 1 fully saturated rings. The Hall–Kier alpha value is -3.09. The van der Waals surface area contributed by atoms with Crippen molar-refractivity contribution >= 4 is 21.8 Å². The third-order valence-corrected chi connectivity index (χ3v) is 6.79. The van der Waals surface area contributed by atoms with Gasteiger partial charge in [-0.1, -0.05) is 12.1 Å². The Balaban J connectivity index is 1.60. The number of sulfonamides is 1. The fraction of sp³-hybridized carbons (Fsp3) is 0.333. The average molecular weight is 483 g/mol. The number of hydrogen-bond acceptors (Lipinski definition) is 6. The van der Waals surface area contributed by atoms with Gasteiger partial charge >= 0.3 is 11.8 Å². The molecule has 0 aromatic heterocycles. The molecule has 1 aliphatic heterocycles. The molecule has 0 radical (unpaired) electrons. The zero-order valence-electron chi connectivity index (χ0n) is 17.7. The molecule has 33 heavy (non-hydrogen) atoms. The van der Waals surface area contributed by atoms with E-state index in [-0.39, 0.29) is 26.2 Å². The summed E-state index contributed by atoms with van der Waals surface area (Å²) < 4.78 is 64.7. The number of ether oxygens (including phenoxy) is 2. The van der Waals surface area contributed by atoms with Crippen molar-refractivity contribution in [3.05, 3.63) is 59.7 Å². The van der Waals surface area contributed by atoms with Crippen molar-refractivity contribution in [3.63, 3.8) is 0 Å². The number of nitrogens with one attached hydrogen (secondary N) is 2. The van der Waals surface area contributed by atoms with E-state index in [1.807, 2.05) is 0 Å². The van der Waals surface area contributed by atoms with Gasteiger partial charge in [0.05, 0.1) is 20.3 Å². The summed E-state index contributed by atoms with van der Waals surface area (Å²) in [6.45, 7) is -0.0924. The standard InChI is InChI=1S/C21H23F2N3O6S/c1-31-16-6-3-14(4-7-16)12-24-20(27)21(28)25-13-19-26(9-2-10-32-19)33(29,30)18-11-15(22)5-8-17(18)23/h3-8,11,19H,2,9-10,12-13H2,1H3,(H,24,27)(H,25,28)/t19-/m1/s1. The van der Waals surface area contributed by atoms with Gasteiger partial charge in [0, 0.05) is 13.1 Å². The first-order valence-electron chi connectivity index (χ1n) is 10.00. The van der Waals surface area contributed by atoms with Crippen LogP contribution in [0.1, 0.15) is 12.0 Å². The molecule has 178 valence electrons. The molecule has 0 spiro atoms. The molecule has 3 rings (SSSR count). The molecule has 9 nitrogen and oxygen atoms in total. The van der Waals surface area contributed by atoms with Crippen molar-refractivity contribution in [1.82, 2.24) is 14.9 Å². The van der Waals surface area contributed by atoms with Crippen LogP contribution in [0.25, 0.3) is 0 Å². The molecule has 2 aromatic carbocycles. The smallest absolute Gasteiger partial charge is 0.309 e. The SMILES string of the molecule is COc1ccc(CNC(=O)C(=O)NC[C@H]2OCCCN2S(=O)(=O)c2cc(F)ccc2F)cc1. The average Bonchev–Trinajstić information content (AvgIpc) is 2.82. The van der Waals surface area contributed by atoms with Gasteiger partial charge in [-0.2, -0.15) is 4.31 Å². The normalized spacial score (nSPS) is 16.8. The third-order valence-electron chi connectivity index (χ3n) is 4.89. The number of nitrogens with zero attached hydrogens (tertiary/aromatic N) is 1. The van der Waals surface area contributed by atoms with E-state index in [0.29, 0.717) is 18.2 Å². The maximum Gasteiger partial charge on any atom is 0.309 e. The highest BCUT2D eigenvalue weighted by Gasteiger charge is 2.36. The van der Waals surface area contributed by atoms with Crippen molar-refractivity contribution in [1.29, 1.82) is 0 Å². The van der Waals surface area contributed by atoms with Gasteiger partial charge in [0.1, 0.15) is 28.5 Å². The van der Waals surface area contributed by atoms with Gasteiger partial charge in [-0.05, 0) is 42.3 Å². The summed E-state index contributed by atoms with van der Waals surface area (Å²) in [5, 5.41) is 4.77. The molecule has 0 bridgehead atoms. The second kappa shape index (κ2) is 10.7. The van der Waals surface area contributed by atoms with Crippen molar-refractivity contribution in [3.8, 4) is 5.75 Å². The van der Waals surface area contributed by atoms with Crippen LogP contribution in [0, 0.1) is 11.6 Å². The van der Waals surface area contributed by atoms with Gasteiger partial charge < -0.3 is 20.1 Å². The summed E-state index contributed by atoms with van der Waals surface area (Å²) in [5.41, 5.74) is 0.738. The molecule has 1 heterocycles. The zero-order chi connectivity index (χ0) is 24.0. The summed E-state index contributed by atoms with van der Waals surface area (Å²) in [5.74, 6) is -3.29. The summed E-state index contributed by atoms with van der Waals surface area (Å²) in [6, 6.07) is 8.97. The van der Waals surface area contributed by atoms with Crippen LogP contribution in [0.15, 0.2) is 47.4 Å². The Kier molecular flexibility index (Phi) is 7.95. The van der Waals surface area contributed by atoms with Gasteiger partial charge in [-0.15, -0.1) is 0 Å². The van der Waals surface area contributed by atoms with E-state index in [4.69, 9.17) is 9.47 Å². The number of hydrogen-bond donors (Lipinski definition) is 2. The number of rotatable bonds is 7. The fourth-order valence-electron chi connectivity index (χ4n) is 3.17. The van der Waals surface area contributed by atoms with Gasteiger partial charge in [0.2, 0.25) is 10.0 Å². The Morgan fingerprint density at radius 2 is 1.82 bits per heavy atom. The maximum atomic E-state index is 14.1. The van der Waals surface area contributed by atoms with Crippen molar-refractivity contribution in [2.24, 2.45) is 0 Å². The van der Waals surface area contributed by atoms with Crippen molar-refractivity contribution < 1.29 is 36.3 Å². The lowest BCUT2D eigenvalue weighted by Gasteiger charge is -2.34. The van der Waals surface area contributed by atoms with Gasteiger partial charge in [0.15, 0.2) is 0 Å². The molecule has 0 saturated carbocycles. The minimum Gasteiger partial charge on any atom is -0.497 e. The molecule has 2 aromatic rings. The van der Waals surface area contributed by atoms with E-state index in [9.17, 15) is 26.8 Å². The molecule has 1 saturated heterocycles. The van der Waals surface area contributed by atoms with E-state index in [0.717, 1.165) is 22.0 Å². The van der Waals surface area contributed by atoms with E-state index in [1.165, 1.54) is 7.11 Å². The molecular weight excluding hydrogens is 460 g/mol. The predicted molar refractivity (Wildman–Crippen MR) is 112 cm³/mol. The molecule has 12 heteroatoms. The molecule has 0 unspecified atom stereocenters. The second-order valence-electron chi connectivity index (χ2n) is 7.11. The van der Waals surface area contributed by atoms with Crippen molar-refractivity contribution in [2.45, 2.75) is 24.1 Å². The first-order valence-corrected chi connectivity index (χ1v) is 11.4. The number of halogens is 2. The molecule has 2 amide bonds. The largest absolute Gasteiger partial charge is 0.497 e. The molecular formula is C21H23F2N3O6S. The van der Waals surface area contributed by atoms with E-state index < -0.39 is 44.6 Å². The lowest BCUT2D eigenvalue weighted by molar-refractivity contribution is -0.140. The monoisotopic (exact) mass is 483 g/mol. The molecule has 0 aliphatic carbocycles. The number of carbonyl (C=O) groups is 2. The Labute approximate surface area is 189 Å². The highest BCUT2D eigenvalue weighted by atomic mass is 32.2. The quantitative estimate of drug-likeness (QED) is 0.571. The summed E-state index contributed by atoms with van der Waals surface area (Å²) in [6.07, 6.45) is -0.868. The minimum absolute atomic E-state index is 0.0253. The van der Waals surface area contributed by atoms with Crippen LogP contribution in [0.5, 0.6) is 5.75 Å². The fourth-order valence-corrected chi connectivity index (χ4v) is 4.81.